The lowest BCUT2D eigenvalue weighted by molar-refractivity contribution is -0.131. The van der Waals surface area contributed by atoms with Gasteiger partial charge in [-0.15, -0.1) is 0 Å². The fraction of sp³-hybridized carbons (Fsp3) is 0.708. The molecule has 0 fully saturated rings. The second kappa shape index (κ2) is 15.5. The molecule has 1 rings (SSSR count). The van der Waals surface area contributed by atoms with Crippen molar-refractivity contribution in [1.82, 2.24) is 0 Å². The summed E-state index contributed by atoms with van der Waals surface area (Å²) in [6, 6.07) is 5.74. The molecule has 0 N–H and O–H groups in total. The Morgan fingerprint density at radius 3 is 1.70 bits per heavy atom. The summed E-state index contributed by atoms with van der Waals surface area (Å²) in [4.78, 5) is 11.1. The number of hydrogen-bond donors (Lipinski definition) is 0. The molecule has 0 unspecified atom stereocenters. The molecule has 0 aliphatic heterocycles. The number of methoxy groups -OCH3 is 1. The molecule has 0 spiro atoms. The third-order valence-corrected chi connectivity index (χ3v) is 5.01. The molecule has 0 heterocycles. The maximum absolute atomic E-state index is 11.1. The maximum atomic E-state index is 11.1. The molecule has 3 heteroatoms. The van der Waals surface area contributed by atoms with Crippen LogP contribution in [-0.2, 0) is 11.2 Å². The fourth-order valence-electron chi connectivity index (χ4n) is 3.46. The number of carbonyl (C=O) groups is 1. The van der Waals surface area contributed by atoms with Crippen molar-refractivity contribution in [3.8, 4) is 11.5 Å². The molecule has 0 atom stereocenters. The van der Waals surface area contributed by atoms with E-state index >= 15 is 0 Å². The van der Waals surface area contributed by atoms with Crippen LogP contribution in [0.15, 0.2) is 18.2 Å². The highest BCUT2D eigenvalue weighted by molar-refractivity contribution is 5.69. The first-order valence-electron chi connectivity index (χ1n) is 11.0. The normalized spacial score (nSPS) is 10.8. The van der Waals surface area contributed by atoms with Crippen LogP contribution in [0.5, 0.6) is 11.5 Å². The Bertz CT molecular complexity index is 510. The first kappa shape index (κ1) is 23.5. The minimum Gasteiger partial charge on any atom is -0.497 e. The summed E-state index contributed by atoms with van der Waals surface area (Å²) < 4.78 is 10.5. The summed E-state index contributed by atoms with van der Waals surface area (Å²) in [7, 11) is 1.64. The summed E-state index contributed by atoms with van der Waals surface area (Å²) >= 11 is 0. The Morgan fingerprint density at radius 1 is 0.741 bits per heavy atom. The molecule has 0 aromatic heterocycles. The minimum absolute atomic E-state index is 0.296. The van der Waals surface area contributed by atoms with Crippen molar-refractivity contribution < 1.29 is 14.3 Å². The first-order chi connectivity index (χ1) is 13.2. The largest absolute Gasteiger partial charge is 0.497 e. The van der Waals surface area contributed by atoms with Crippen LogP contribution in [0, 0.1) is 0 Å². The second-order valence-corrected chi connectivity index (χ2v) is 7.60. The Hall–Kier alpha value is -1.51. The van der Waals surface area contributed by atoms with E-state index in [4.69, 9.17) is 9.47 Å². The summed E-state index contributed by atoms with van der Waals surface area (Å²) in [5, 5.41) is 0. The van der Waals surface area contributed by atoms with Crippen LogP contribution in [0.4, 0.5) is 0 Å². The molecule has 0 radical (unpaired) electrons. The van der Waals surface area contributed by atoms with Crippen molar-refractivity contribution in [2.75, 3.05) is 7.11 Å². The molecular formula is C24H40O3. The molecule has 0 aliphatic carbocycles. The predicted molar refractivity (Wildman–Crippen MR) is 114 cm³/mol. The lowest BCUT2D eigenvalue weighted by Crippen LogP contribution is -2.02. The van der Waals surface area contributed by atoms with E-state index in [-0.39, 0.29) is 5.97 Å². The van der Waals surface area contributed by atoms with Gasteiger partial charge in [-0.1, -0.05) is 84.0 Å². The van der Waals surface area contributed by atoms with Crippen LogP contribution in [0.1, 0.15) is 103 Å². The van der Waals surface area contributed by atoms with Crippen LogP contribution >= 0.6 is 0 Å². The maximum Gasteiger partial charge on any atom is 0.308 e. The highest BCUT2D eigenvalue weighted by Gasteiger charge is 2.05. The third kappa shape index (κ3) is 12.5. The van der Waals surface area contributed by atoms with E-state index in [0.29, 0.717) is 5.75 Å². The zero-order valence-electron chi connectivity index (χ0n) is 17.9. The molecular weight excluding hydrogens is 336 g/mol. The van der Waals surface area contributed by atoms with Crippen molar-refractivity contribution in [1.29, 1.82) is 0 Å². The monoisotopic (exact) mass is 376 g/mol. The highest BCUT2D eigenvalue weighted by atomic mass is 16.5. The molecule has 0 aliphatic rings. The Morgan fingerprint density at radius 2 is 1.22 bits per heavy atom. The molecule has 0 amide bonds. The smallest absolute Gasteiger partial charge is 0.308 e. The Balaban J connectivity index is 2.07. The molecule has 3 nitrogen and oxygen atoms in total. The average Bonchev–Trinajstić information content (AvgIpc) is 2.64. The van der Waals surface area contributed by atoms with Gasteiger partial charge in [0, 0.05) is 13.0 Å². The Kier molecular flexibility index (Phi) is 13.5. The zero-order valence-corrected chi connectivity index (χ0v) is 17.9. The van der Waals surface area contributed by atoms with Crippen molar-refractivity contribution in [3.63, 3.8) is 0 Å². The van der Waals surface area contributed by atoms with Crippen LogP contribution in [0.2, 0.25) is 0 Å². The van der Waals surface area contributed by atoms with E-state index in [1.165, 1.54) is 96.0 Å². The molecule has 27 heavy (non-hydrogen) atoms. The van der Waals surface area contributed by atoms with Gasteiger partial charge >= 0.3 is 5.97 Å². The van der Waals surface area contributed by atoms with Crippen molar-refractivity contribution in [2.24, 2.45) is 0 Å². The SMILES string of the molecule is CCCCCCCCCCCCCCCc1cc(OC)cc(OC(C)=O)c1. The molecule has 154 valence electrons. The molecule has 0 saturated carbocycles. The van der Waals surface area contributed by atoms with Crippen molar-refractivity contribution in [3.05, 3.63) is 23.8 Å². The summed E-state index contributed by atoms with van der Waals surface area (Å²) in [6.07, 6.45) is 18.7. The fourth-order valence-corrected chi connectivity index (χ4v) is 3.46. The first-order valence-corrected chi connectivity index (χ1v) is 11.0. The van der Waals surface area contributed by atoms with Gasteiger partial charge in [0.25, 0.3) is 0 Å². The van der Waals surface area contributed by atoms with Crippen molar-refractivity contribution in [2.45, 2.75) is 104 Å². The minimum atomic E-state index is -0.296. The predicted octanol–water partition coefficient (Wildman–Crippen LogP) is 7.25. The molecule has 0 saturated heterocycles. The number of hydrogen-bond acceptors (Lipinski definition) is 3. The van der Waals surface area contributed by atoms with E-state index < -0.39 is 0 Å². The summed E-state index contributed by atoms with van der Waals surface area (Å²) in [6.45, 7) is 3.70. The van der Waals surface area contributed by atoms with Crippen LogP contribution in [-0.4, -0.2) is 13.1 Å². The van der Waals surface area contributed by atoms with Crippen molar-refractivity contribution >= 4 is 5.97 Å². The molecule has 1 aromatic carbocycles. The lowest BCUT2D eigenvalue weighted by Gasteiger charge is -2.09. The van der Waals surface area contributed by atoms with Crippen LogP contribution in [0.25, 0.3) is 0 Å². The van der Waals surface area contributed by atoms with E-state index in [1.54, 1.807) is 13.2 Å². The van der Waals surface area contributed by atoms with E-state index in [1.807, 2.05) is 12.1 Å². The number of rotatable bonds is 16. The van der Waals surface area contributed by atoms with Gasteiger partial charge in [-0.3, -0.25) is 4.79 Å². The summed E-state index contributed by atoms with van der Waals surface area (Å²) in [5.41, 5.74) is 1.17. The average molecular weight is 377 g/mol. The topological polar surface area (TPSA) is 35.5 Å². The van der Waals surface area contributed by atoms with E-state index in [9.17, 15) is 4.79 Å². The van der Waals surface area contributed by atoms with Gasteiger partial charge in [0.2, 0.25) is 0 Å². The third-order valence-electron chi connectivity index (χ3n) is 5.01. The number of aryl methyl sites for hydroxylation is 1. The van der Waals surface area contributed by atoms with Gasteiger partial charge in [-0.2, -0.15) is 0 Å². The standard InChI is InChI=1S/C24H40O3/c1-4-5-6-7-8-9-10-11-12-13-14-15-16-17-22-18-23(26-3)20-24(19-22)27-21(2)25/h18-20H,4-17H2,1-3H3. The zero-order chi connectivity index (χ0) is 19.7. The van der Waals surface area contributed by atoms with Crippen LogP contribution < -0.4 is 9.47 Å². The summed E-state index contributed by atoms with van der Waals surface area (Å²) in [5.74, 6) is 1.03. The van der Waals surface area contributed by atoms with Gasteiger partial charge in [0.1, 0.15) is 11.5 Å². The number of carbonyl (C=O) groups excluding carboxylic acids is 1. The van der Waals surface area contributed by atoms with Gasteiger partial charge in [-0.05, 0) is 30.5 Å². The Labute approximate surface area is 166 Å². The van der Waals surface area contributed by atoms with Gasteiger partial charge < -0.3 is 9.47 Å². The second-order valence-electron chi connectivity index (χ2n) is 7.60. The van der Waals surface area contributed by atoms with E-state index in [0.717, 1.165) is 12.2 Å². The number of unbranched alkanes of at least 4 members (excludes halogenated alkanes) is 12. The quantitative estimate of drug-likeness (QED) is 0.173. The van der Waals surface area contributed by atoms with Gasteiger partial charge in [-0.25, -0.2) is 0 Å². The van der Waals surface area contributed by atoms with Gasteiger partial charge in [0.15, 0.2) is 0 Å². The number of ether oxygens (including phenoxy) is 2. The molecule has 0 bridgehead atoms. The highest BCUT2D eigenvalue weighted by Crippen LogP contribution is 2.24. The number of benzene rings is 1. The number of esters is 1. The molecule has 1 aromatic rings. The van der Waals surface area contributed by atoms with Crippen LogP contribution in [0.3, 0.4) is 0 Å². The van der Waals surface area contributed by atoms with E-state index in [2.05, 4.69) is 6.92 Å². The van der Waals surface area contributed by atoms with Gasteiger partial charge in [0.05, 0.1) is 7.11 Å². The lowest BCUT2D eigenvalue weighted by atomic mass is 10.0.